The van der Waals surface area contributed by atoms with Gasteiger partial charge in [0, 0.05) is 25.7 Å². The fourth-order valence-electron chi connectivity index (χ4n) is 4.59. The van der Waals surface area contributed by atoms with Gasteiger partial charge < -0.3 is 19.2 Å². The van der Waals surface area contributed by atoms with Crippen LogP contribution in [0.25, 0.3) is 22.5 Å². The van der Waals surface area contributed by atoms with Gasteiger partial charge in [-0.25, -0.2) is 9.67 Å². The summed E-state index contributed by atoms with van der Waals surface area (Å²) in [4.78, 5) is 20.7. The van der Waals surface area contributed by atoms with E-state index in [1.54, 1.807) is 25.6 Å². The Balaban J connectivity index is 1.45. The molecule has 1 aliphatic heterocycles. The molecule has 4 heterocycles. The highest BCUT2D eigenvalue weighted by Gasteiger charge is 2.25. The summed E-state index contributed by atoms with van der Waals surface area (Å²) in [6.45, 7) is 7.47. The standard InChI is InChI=1S/C27H31N5O4/c1-18(2)32-26-22(16-29-32)21(15-23(30-26)25-5-4-12-36-25)27(33)28-17-24(31-10-13-35-14-11-31)19-6-8-20(34-3)9-7-19/h4-9,12,15-16,18,24H,10-11,13-14,17H2,1-3H3,(H,28,33). The van der Waals surface area contributed by atoms with Crippen molar-refractivity contribution in [2.24, 2.45) is 0 Å². The zero-order valence-corrected chi connectivity index (χ0v) is 20.8. The lowest BCUT2D eigenvalue weighted by atomic mass is 10.0. The number of nitrogens with one attached hydrogen (secondary N) is 1. The number of hydrogen-bond acceptors (Lipinski definition) is 7. The smallest absolute Gasteiger partial charge is 0.252 e. The second-order valence-electron chi connectivity index (χ2n) is 9.10. The first-order valence-electron chi connectivity index (χ1n) is 12.2. The Hall–Kier alpha value is -3.69. The second-order valence-corrected chi connectivity index (χ2v) is 9.10. The summed E-state index contributed by atoms with van der Waals surface area (Å²) < 4.78 is 18.3. The molecule has 0 bridgehead atoms. The SMILES string of the molecule is COc1ccc(C(CNC(=O)c2cc(-c3ccco3)nc3c2cnn3C(C)C)N2CCOCC2)cc1. The third kappa shape index (κ3) is 4.84. The van der Waals surface area contributed by atoms with E-state index in [-0.39, 0.29) is 18.0 Å². The normalized spacial score (nSPS) is 15.3. The highest BCUT2D eigenvalue weighted by atomic mass is 16.5. The predicted molar refractivity (Wildman–Crippen MR) is 136 cm³/mol. The van der Waals surface area contributed by atoms with E-state index in [9.17, 15) is 4.79 Å². The number of furan rings is 1. The molecular weight excluding hydrogens is 458 g/mol. The molecule has 4 aromatic rings. The van der Waals surface area contributed by atoms with Gasteiger partial charge in [-0.1, -0.05) is 12.1 Å². The van der Waals surface area contributed by atoms with E-state index >= 15 is 0 Å². The fraction of sp³-hybridized carbons (Fsp3) is 0.370. The summed E-state index contributed by atoms with van der Waals surface area (Å²) in [5, 5.41) is 8.39. The Morgan fingerprint density at radius 2 is 1.94 bits per heavy atom. The number of pyridine rings is 1. The maximum atomic E-state index is 13.6. The first-order valence-corrected chi connectivity index (χ1v) is 12.2. The van der Waals surface area contributed by atoms with Crippen LogP contribution in [0.2, 0.25) is 0 Å². The molecule has 9 nitrogen and oxygen atoms in total. The molecule has 1 amide bonds. The minimum atomic E-state index is -0.176. The molecule has 188 valence electrons. The molecule has 1 saturated heterocycles. The van der Waals surface area contributed by atoms with Gasteiger partial charge in [-0.3, -0.25) is 9.69 Å². The third-order valence-electron chi connectivity index (χ3n) is 6.52. The van der Waals surface area contributed by atoms with E-state index < -0.39 is 0 Å². The number of benzene rings is 1. The lowest BCUT2D eigenvalue weighted by Gasteiger charge is -2.35. The maximum Gasteiger partial charge on any atom is 0.252 e. The van der Waals surface area contributed by atoms with Crippen molar-refractivity contribution in [3.8, 4) is 17.2 Å². The molecule has 3 aromatic heterocycles. The maximum absolute atomic E-state index is 13.6. The number of amides is 1. The Bertz CT molecular complexity index is 1310. The monoisotopic (exact) mass is 489 g/mol. The molecule has 0 spiro atoms. The Morgan fingerprint density at radius 1 is 1.17 bits per heavy atom. The van der Waals surface area contributed by atoms with E-state index in [0.717, 1.165) is 24.4 Å². The fourth-order valence-corrected chi connectivity index (χ4v) is 4.59. The average Bonchev–Trinajstić information content (AvgIpc) is 3.59. The van der Waals surface area contributed by atoms with Crippen molar-refractivity contribution < 1.29 is 18.7 Å². The first-order chi connectivity index (χ1) is 17.5. The van der Waals surface area contributed by atoms with Crippen LogP contribution in [0.5, 0.6) is 5.75 Å². The van der Waals surface area contributed by atoms with Crippen LogP contribution < -0.4 is 10.1 Å². The molecule has 0 radical (unpaired) electrons. The number of methoxy groups -OCH3 is 1. The zero-order chi connectivity index (χ0) is 25.1. The van der Waals surface area contributed by atoms with Crippen LogP contribution in [0, 0.1) is 0 Å². The lowest BCUT2D eigenvalue weighted by Crippen LogP contribution is -2.43. The van der Waals surface area contributed by atoms with Gasteiger partial charge in [-0.05, 0) is 49.7 Å². The summed E-state index contributed by atoms with van der Waals surface area (Å²) in [6, 6.07) is 13.5. The molecule has 1 atom stereocenters. The largest absolute Gasteiger partial charge is 0.497 e. The van der Waals surface area contributed by atoms with Crippen LogP contribution in [0.4, 0.5) is 0 Å². The molecule has 1 fully saturated rings. The van der Waals surface area contributed by atoms with Crippen molar-refractivity contribution in [3.63, 3.8) is 0 Å². The molecule has 1 N–H and O–H groups in total. The van der Waals surface area contributed by atoms with Crippen molar-refractivity contribution in [1.82, 2.24) is 25.0 Å². The number of carbonyl (C=O) groups is 1. The van der Waals surface area contributed by atoms with Gasteiger partial charge in [0.1, 0.15) is 11.4 Å². The first kappa shape index (κ1) is 24.0. The van der Waals surface area contributed by atoms with Crippen molar-refractivity contribution >= 4 is 16.9 Å². The highest BCUT2D eigenvalue weighted by molar-refractivity contribution is 6.06. The summed E-state index contributed by atoms with van der Waals surface area (Å²) >= 11 is 0. The Kier molecular flexibility index (Phi) is 7.02. The Labute approximate surface area is 210 Å². The second kappa shape index (κ2) is 10.5. The van der Waals surface area contributed by atoms with E-state index in [1.165, 1.54) is 0 Å². The van der Waals surface area contributed by atoms with Crippen molar-refractivity contribution in [2.45, 2.75) is 25.9 Å². The molecule has 1 aromatic carbocycles. The van der Waals surface area contributed by atoms with Crippen molar-refractivity contribution in [1.29, 1.82) is 0 Å². The van der Waals surface area contributed by atoms with E-state index in [2.05, 4.69) is 27.4 Å². The number of nitrogens with zero attached hydrogens (tertiary/aromatic N) is 4. The molecule has 36 heavy (non-hydrogen) atoms. The molecule has 0 aliphatic carbocycles. The topological polar surface area (TPSA) is 94.7 Å². The van der Waals surface area contributed by atoms with Gasteiger partial charge in [0.15, 0.2) is 11.4 Å². The molecule has 0 saturated carbocycles. The van der Waals surface area contributed by atoms with Gasteiger partial charge in [0.2, 0.25) is 0 Å². The lowest BCUT2D eigenvalue weighted by molar-refractivity contribution is 0.0162. The van der Waals surface area contributed by atoms with Gasteiger partial charge >= 0.3 is 0 Å². The Morgan fingerprint density at radius 3 is 2.61 bits per heavy atom. The van der Waals surface area contributed by atoms with Gasteiger partial charge in [0.05, 0.1) is 49.8 Å². The summed E-state index contributed by atoms with van der Waals surface area (Å²) in [6.07, 6.45) is 3.31. The molecular formula is C27H31N5O4. The predicted octanol–water partition coefficient (Wildman–Crippen LogP) is 4.08. The molecule has 5 rings (SSSR count). The van der Waals surface area contributed by atoms with Crippen LogP contribution >= 0.6 is 0 Å². The average molecular weight is 490 g/mol. The molecule has 1 aliphatic rings. The number of rotatable bonds is 8. The van der Waals surface area contributed by atoms with Gasteiger partial charge in [0.25, 0.3) is 5.91 Å². The number of carbonyl (C=O) groups excluding carboxylic acids is 1. The third-order valence-corrected chi connectivity index (χ3v) is 6.52. The van der Waals surface area contributed by atoms with E-state index in [1.807, 2.05) is 42.8 Å². The minimum Gasteiger partial charge on any atom is -0.497 e. The van der Waals surface area contributed by atoms with Crippen molar-refractivity contribution in [2.75, 3.05) is 40.0 Å². The van der Waals surface area contributed by atoms with Crippen LogP contribution in [-0.2, 0) is 4.74 Å². The van der Waals surface area contributed by atoms with Crippen molar-refractivity contribution in [3.05, 3.63) is 66.1 Å². The quantitative estimate of drug-likeness (QED) is 0.398. The number of morpholine rings is 1. The van der Waals surface area contributed by atoms with Gasteiger partial charge in [-0.2, -0.15) is 5.10 Å². The van der Waals surface area contributed by atoms with Crippen LogP contribution in [0.1, 0.15) is 41.9 Å². The van der Waals surface area contributed by atoms with Crippen LogP contribution in [0.3, 0.4) is 0 Å². The summed E-state index contributed by atoms with van der Waals surface area (Å²) in [7, 11) is 1.66. The zero-order valence-electron chi connectivity index (χ0n) is 20.8. The number of fused-ring (bicyclic) bond motifs is 1. The number of aromatic nitrogens is 3. The summed E-state index contributed by atoms with van der Waals surface area (Å²) in [5.41, 5.74) is 2.89. The number of ether oxygens (including phenoxy) is 2. The minimum absolute atomic E-state index is 0.00372. The van der Waals surface area contributed by atoms with Crippen LogP contribution in [0.15, 0.2) is 59.3 Å². The molecule has 9 heteroatoms. The summed E-state index contributed by atoms with van der Waals surface area (Å²) in [5.74, 6) is 1.23. The van der Waals surface area contributed by atoms with Gasteiger partial charge in [-0.15, -0.1) is 0 Å². The van der Waals surface area contributed by atoms with Crippen LogP contribution in [-0.4, -0.2) is 65.5 Å². The van der Waals surface area contributed by atoms with E-state index in [4.69, 9.17) is 18.9 Å². The highest BCUT2D eigenvalue weighted by Crippen LogP contribution is 2.28. The van der Waals surface area contributed by atoms with E-state index in [0.29, 0.717) is 47.8 Å². The molecule has 1 unspecified atom stereocenters. The number of hydrogen-bond donors (Lipinski definition) is 1.